The lowest BCUT2D eigenvalue weighted by Crippen LogP contribution is -2.36. The summed E-state index contributed by atoms with van der Waals surface area (Å²) in [5.41, 5.74) is 4.93. The summed E-state index contributed by atoms with van der Waals surface area (Å²) < 4.78 is 8.27. The molecule has 1 N–H and O–H groups in total. The molecule has 5 heterocycles. The standard InChI is InChI=1S/C25H28ClN5O2/c1-14-23(26)15(2)31-24(28-14)20-12-30(13-21(20)29-31)25(32)19-5-3-4-6-22(19)33-18-9-16-7-8-17(10-18)27-11-16/h3-6,16-18,27H,7-13H2,1-2H3. The van der Waals surface area contributed by atoms with Gasteiger partial charge in [-0.05, 0) is 64.1 Å². The fourth-order valence-electron chi connectivity index (χ4n) is 5.61. The van der Waals surface area contributed by atoms with Gasteiger partial charge in [-0.2, -0.15) is 5.10 Å². The summed E-state index contributed by atoms with van der Waals surface area (Å²) in [5, 5.41) is 8.97. The Labute approximate surface area is 198 Å². The number of benzene rings is 1. The van der Waals surface area contributed by atoms with Crippen molar-refractivity contribution in [1.82, 2.24) is 24.8 Å². The van der Waals surface area contributed by atoms with Crippen LogP contribution in [0.4, 0.5) is 0 Å². The largest absolute Gasteiger partial charge is 0.490 e. The third kappa shape index (κ3) is 3.58. The Morgan fingerprint density at radius 1 is 1.18 bits per heavy atom. The summed E-state index contributed by atoms with van der Waals surface area (Å²) in [4.78, 5) is 20.1. The summed E-state index contributed by atoms with van der Waals surface area (Å²) in [5.74, 6) is 1.32. The highest BCUT2D eigenvalue weighted by Gasteiger charge is 2.34. The van der Waals surface area contributed by atoms with Crippen LogP contribution in [0.25, 0.3) is 5.65 Å². The molecule has 1 aliphatic carbocycles. The number of fused-ring (bicyclic) bond motifs is 7. The number of rotatable bonds is 3. The lowest BCUT2D eigenvalue weighted by Gasteiger charge is -2.23. The van der Waals surface area contributed by atoms with Gasteiger partial charge in [0.25, 0.3) is 5.91 Å². The van der Waals surface area contributed by atoms with E-state index in [-0.39, 0.29) is 12.0 Å². The molecule has 2 aromatic heterocycles. The van der Waals surface area contributed by atoms with Gasteiger partial charge in [0, 0.05) is 11.6 Å². The van der Waals surface area contributed by atoms with Gasteiger partial charge in [0.05, 0.1) is 40.8 Å². The predicted octanol–water partition coefficient (Wildman–Crippen LogP) is 4.06. The number of carbonyl (C=O) groups is 1. The lowest BCUT2D eigenvalue weighted by molar-refractivity contribution is 0.0740. The van der Waals surface area contributed by atoms with E-state index < -0.39 is 0 Å². The van der Waals surface area contributed by atoms with Crippen molar-refractivity contribution in [2.75, 3.05) is 6.54 Å². The minimum atomic E-state index is -0.0288. The predicted molar refractivity (Wildman–Crippen MR) is 126 cm³/mol. The molecule has 0 radical (unpaired) electrons. The number of amides is 1. The molecule has 1 amide bonds. The van der Waals surface area contributed by atoms with Gasteiger partial charge in [0.15, 0.2) is 5.65 Å². The first-order valence-corrected chi connectivity index (χ1v) is 12.2. The molecular formula is C25H28ClN5O2. The van der Waals surface area contributed by atoms with Gasteiger partial charge in [-0.1, -0.05) is 23.7 Å². The highest BCUT2D eigenvalue weighted by Crippen LogP contribution is 2.34. The first-order chi connectivity index (χ1) is 16.0. The molecule has 1 aromatic carbocycles. The molecule has 4 aliphatic rings. The Morgan fingerprint density at radius 2 is 2.03 bits per heavy atom. The zero-order valence-electron chi connectivity index (χ0n) is 19.0. The van der Waals surface area contributed by atoms with Crippen molar-refractivity contribution >= 4 is 23.2 Å². The maximum atomic E-state index is 13.6. The van der Waals surface area contributed by atoms with Gasteiger partial charge in [0.2, 0.25) is 0 Å². The zero-order chi connectivity index (χ0) is 22.7. The van der Waals surface area contributed by atoms with Crippen molar-refractivity contribution in [3.63, 3.8) is 0 Å². The first kappa shape index (κ1) is 20.9. The molecule has 2 saturated heterocycles. The molecule has 3 aromatic rings. The van der Waals surface area contributed by atoms with E-state index in [0.29, 0.717) is 41.4 Å². The number of aromatic nitrogens is 3. The lowest BCUT2D eigenvalue weighted by atomic mass is 9.97. The Bertz CT molecular complexity index is 1230. The van der Waals surface area contributed by atoms with Crippen molar-refractivity contribution in [2.24, 2.45) is 5.92 Å². The van der Waals surface area contributed by atoms with Crippen molar-refractivity contribution < 1.29 is 9.53 Å². The van der Waals surface area contributed by atoms with Crippen molar-refractivity contribution in [2.45, 2.75) is 64.8 Å². The molecule has 3 fully saturated rings. The van der Waals surface area contributed by atoms with Crippen LogP contribution in [0.1, 0.15) is 58.7 Å². The van der Waals surface area contributed by atoms with Crippen LogP contribution in [0.3, 0.4) is 0 Å². The molecule has 3 unspecified atom stereocenters. The number of nitrogens with one attached hydrogen (secondary N) is 1. The average molecular weight is 466 g/mol. The molecule has 172 valence electrons. The number of carbonyl (C=O) groups excluding carboxylic acids is 1. The Kier molecular flexibility index (Phi) is 5.07. The molecule has 3 atom stereocenters. The molecule has 0 spiro atoms. The normalized spacial score (nSPS) is 24.2. The highest BCUT2D eigenvalue weighted by molar-refractivity contribution is 6.31. The van der Waals surface area contributed by atoms with E-state index in [1.54, 1.807) is 4.52 Å². The van der Waals surface area contributed by atoms with E-state index in [4.69, 9.17) is 21.4 Å². The van der Waals surface area contributed by atoms with Crippen molar-refractivity contribution in [1.29, 1.82) is 0 Å². The third-order valence-corrected chi connectivity index (χ3v) is 7.96. The molecule has 7 rings (SSSR count). The molecule has 3 aliphatic heterocycles. The fourth-order valence-corrected chi connectivity index (χ4v) is 5.73. The van der Waals surface area contributed by atoms with Crippen LogP contribution in [0, 0.1) is 19.8 Å². The number of hydrogen-bond donors (Lipinski definition) is 1. The van der Waals surface area contributed by atoms with Gasteiger partial charge in [-0.15, -0.1) is 0 Å². The van der Waals surface area contributed by atoms with Crippen LogP contribution in [-0.2, 0) is 13.1 Å². The van der Waals surface area contributed by atoms with E-state index in [9.17, 15) is 4.79 Å². The summed E-state index contributed by atoms with van der Waals surface area (Å²) in [6.45, 7) is 5.86. The van der Waals surface area contributed by atoms with E-state index in [1.165, 1.54) is 12.8 Å². The number of halogens is 1. The second-order valence-electron chi connectivity index (χ2n) is 9.67. The number of nitrogens with zero attached hydrogens (tertiary/aromatic N) is 4. The second-order valence-corrected chi connectivity index (χ2v) is 10.1. The monoisotopic (exact) mass is 465 g/mol. The highest BCUT2D eigenvalue weighted by atomic mass is 35.5. The van der Waals surface area contributed by atoms with Gasteiger partial charge in [-0.25, -0.2) is 9.50 Å². The summed E-state index contributed by atoms with van der Waals surface area (Å²) in [6, 6.07) is 8.17. The third-order valence-electron chi connectivity index (χ3n) is 7.42. The quantitative estimate of drug-likeness (QED) is 0.631. The number of piperidine rings is 1. The molecule has 8 heteroatoms. The average Bonchev–Trinajstić information content (AvgIpc) is 3.24. The fraction of sp³-hybridized carbons (Fsp3) is 0.480. The van der Waals surface area contributed by atoms with Crippen LogP contribution >= 0.6 is 11.6 Å². The van der Waals surface area contributed by atoms with E-state index >= 15 is 0 Å². The Morgan fingerprint density at radius 3 is 2.85 bits per heavy atom. The minimum Gasteiger partial charge on any atom is -0.490 e. The van der Waals surface area contributed by atoms with Crippen LogP contribution in [0.2, 0.25) is 5.02 Å². The van der Waals surface area contributed by atoms with Gasteiger partial charge in [0.1, 0.15) is 11.9 Å². The summed E-state index contributed by atoms with van der Waals surface area (Å²) in [6.07, 6.45) is 4.68. The molecular weight excluding hydrogens is 438 g/mol. The smallest absolute Gasteiger partial charge is 0.258 e. The Balaban J connectivity index is 1.25. The molecule has 33 heavy (non-hydrogen) atoms. The van der Waals surface area contributed by atoms with Crippen LogP contribution in [0.5, 0.6) is 5.75 Å². The maximum Gasteiger partial charge on any atom is 0.258 e. The molecule has 2 bridgehead atoms. The van der Waals surface area contributed by atoms with Crippen LogP contribution < -0.4 is 10.1 Å². The van der Waals surface area contributed by atoms with Gasteiger partial charge >= 0.3 is 0 Å². The summed E-state index contributed by atoms with van der Waals surface area (Å²) in [7, 11) is 0. The van der Waals surface area contributed by atoms with Crippen LogP contribution in [-0.4, -0.2) is 44.1 Å². The zero-order valence-corrected chi connectivity index (χ0v) is 19.7. The molecule has 1 saturated carbocycles. The second kappa shape index (κ2) is 7.99. The van der Waals surface area contributed by atoms with Gasteiger partial charge in [-0.3, -0.25) is 4.79 Å². The van der Waals surface area contributed by atoms with E-state index in [0.717, 1.165) is 47.7 Å². The summed E-state index contributed by atoms with van der Waals surface area (Å²) >= 11 is 6.36. The van der Waals surface area contributed by atoms with Crippen molar-refractivity contribution in [3.8, 4) is 5.75 Å². The van der Waals surface area contributed by atoms with Crippen LogP contribution in [0.15, 0.2) is 24.3 Å². The minimum absolute atomic E-state index is 0.0288. The Hall–Kier alpha value is -2.64. The SMILES string of the molecule is Cc1nc2c3c(nn2c(C)c1Cl)CN(C(=O)c1ccccc1OC1CC2CCC(C1)NC2)C3. The number of aryl methyl sites for hydroxylation is 2. The van der Waals surface area contributed by atoms with E-state index in [2.05, 4.69) is 10.3 Å². The molecule has 7 nitrogen and oxygen atoms in total. The first-order valence-electron chi connectivity index (χ1n) is 11.8. The number of para-hydroxylation sites is 1. The maximum absolute atomic E-state index is 13.6. The van der Waals surface area contributed by atoms with Gasteiger partial charge < -0.3 is 15.0 Å². The van der Waals surface area contributed by atoms with E-state index in [1.807, 2.05) is 43.0 Å². The van der Waals surface area contributed by atoms with Crippen molar-refractivity contribution in [3.05, 3.63) is 57.5 Å². The number of hydrogen-bond acceptors (Lipinski definition) is 5. The topological polar surface area (TPSA) is 71.8 Å². The number of ether oxygens (including phenoxy) is 1.